The lowest BCUT2D eigenvalue weighted by Crippen LogP contribution is -1.93. The van der Waals surface area contributed by atoms with Crippen molar-refractivity contribution >= 4 is 76.1 Å². The van der Waals surface area contributed by atoms with Crippen molar-refractivity contribution in [3.63, 3.8) is 0 Å². The highest BCUT2D eigenvalue weighted by atomic mass is 16.3. The van der Waals surface area contributed by atoms with Gasteiger partial charge in [-0.3, -0.25) is 0 Å². The lowest BCUT2D eigenvalue weighted by Gasteiger charge is -2.16. The van der Waals surface area contributed by atoms with Crippen LogP contribution in [0.2, 0.25) is 0 Å². The molecule has 11 aromatic rings. The van der Waals surface area contributed by atoms with Crippen LogP contribution in [0.4, 0.5) is 0 Å². The van der Waals surface area contributed by atoms with Gasteiger partial charge in [0, 0.05) is 54.2 Å². The third-order valence-electron chi connectivity index (χ3n) is 10.4. The predicted octanol–water partition coefficient (Wildman–Crippen LogP) is 13.1. The number of hydrogen-bond donors (Lipinski definition) is 0. The molecule has 0 radical (unpaired) electrons. The highest BCUT2D eigenvalue weighted by Crippen LogP contribution is 2.43. The minimum Gasteiger partial charge on any atom is -0.455 e. The molecule has 236 valence electrons. The van der Waals surface area contributed by atoms with Crippen LogP contribution in [0.5, 0.6) is 0 Å². The third-order valence-corrected chi connectivity index (χ3v) is 10.4. The molecule has 0 amide bonds. The maximum atomic E-state index is 6.55. The Bertz CT molecular complexity index is 3180. The summed E-state index contributed by atoms with van der Waals surface area (Å²) in [4.78, 5) is 10.5. The van der Waals surface area contributed by atoms with Gasteiger partial charge in [0.1, 0.15) is 11.2 Å². The zero-order valence-electron chi connectivity index (χ0n) is 27.5. The van der Waals surface area contributed by atoms with E-state index in [9.17, 15) is 0 Å². The highest BCUT2D eigenvalue weighted by molar-refractivity contribution is 6.26. The van der Waals surface area contributed by atoms with Gasteiger partial charge >= 0.3 is 0 Å². The monoisotopic (exact) mass is 648 g/mol. The topological polar surface area (TPSA) is 38.9 Å². The van der Waals surface area contributed by atoms with Gasteiger partial charge in [0.2, 0.25) is 0 Å². The number of fused-ring (bicyclic) bond motifs is 12. The van der Waals surface area contributed by atoms with Crippen LogP contribution in [-0.4, -0.2) is 9.97 Å². The van der Waals surface area contributed by atoms with Gasteiger partial charge in [0.15, 0.2) is 0 Å². The van der Waals surface area contributed by atoms with Crippen molar-refractivity contribution < 1.29 is 4.42 Å². The van der Waals surface area contributed by atoms with Gasteiger partial charge in [-0.15, -0.1) is 0 Å². The summed E-state index contributed by atoms with van der Waals surface area (Å²) in [7, 11) is 0. The van der Waals surface area contributed by atoms with Gasteiger partial charge in [-0.05, 0) is 52.2 Å². The molecule has 0 bridgehead atoms. The Balaban J connectivity index is 1.15. The summed E-state index contributed by atoms with van der Waals surface area (Å²) in [6, 6.07) is 60.1. The van der Waals surface area contributed by atoms with Gasteiger partial charge in [-0.25, -0.2) is 9.97 Å². The third kappa shape index (κ3) is 4.19. The number of pyridine rings is 2. The van der Waals surface area contributed by atoms with Crippen molar-refractivity contribution in [2.45, 2.75) is 0 Å². The SMILES string of the molecule is c1ccc(-c2nc3ccccc3c3c2cc(-c2ccc(-c4nc5ccccc5c5c4ccc4c6ccccc6oc45)cc2)c2ccccc23)cc1. The summed E-state index contributed by atoms with van der Waals surface area (Å²) >= 11 is 0. The van der Waals surface area contributed by atoms with E-state index < -0.39 is 0 Å². The second-order valence-corrected chi connectivity index (χ2v) is 13.3. The van der Waals surface area contributed by atoms with E-state index in [-0.39, 0.29) is 0 Å². The Hall–Kier alpha value is -6.84. The van der Waals surface area contributed by atoms with Crippen LogP contribution < -0.4 is 0 Å². The predicted molar refractivity (Wildman–Crippen MR) is 213 cm³/mol. The lowest BCUT2D eigenvalue weighted by atomic mass is 9.89. The normalized spacial score (nSPS) is 11.9. The van der Waals surface area contributed by atoms with E-state index in [1.807, 2.05) is 12.1 Å². The summed E-state index contributed by atoms with van der Waals surface area (Å²) in [5.74, 6) is 0. The highest BCUT2D eigenvalue weighted by Gasteiger charge is 2.19. The van der Waals surface area contributed by atoms with Crippen molar-refractivity contribution in [2.75, 3.05) is 0 Å². The molecule has 0 spiro atoms. The molecular formula is C48H28N2O. The van der Waals surface area contributed by atoms with Gasteiger partial charge in [0.05, 0.1) is 22.4 Å². The zero-order chi connectivity index (χ0) is 33.5. The molecule has 0 atom stereocenters. The second-order valence-electron chi connectivity index (χ2n) is 13.3. The van der Waals surface area contributed by atoms with Gasteiger partial charge in [0.25, 0.3) is 0 Å². The number of rotatable bonds is 3. The van der Waals surface area contributed by atoms with Crippen LogP contribution in [-0.2, 0) is 0 Å². The van der Waals surface area contributed by atoms with E-state index in [4.69, 9.17) is 14.4 Å². The standard InChI is InChI=1S/C48H28N2O/c1-2-12-30(13-3-1)47-40-28-39(32-14-4-5-16-34(32)44(40)36-17-6-9-19-41(36)50-47)29-22-24-31(25-23-29)46-38-27-26-35-33-15-8-11-21-43(33)51-48(35)45(38)37-18-7-10-20-42(37)49-46/h1-28H. The van der Waals surface area contributed by atoms with Crippen LogP contribution >= 0.6 is 0 Å². The molecule has 0 aliphatic rings. The quantitative estimate of drug-likeness (QED) is 0.179. The smallest absolute Gasteiger partial charge is 0.144 e. The average Bonchev–Trinajstić information content (AvgIpc) is 3.59. The molecule has 11 rings (SSSR count). The van der Waals surface area contributed by atoms with Gasteiger partial charge < -0.3 is 4.42 Å². The molecule has 8 aromatic carbocycles. The molecule has 0 aliphatic carbocycles. The molecule has 3 heterocycles. The van der Waals surface area contributed by atoms with Crippen molar-refractivity contribution in [2.24, 2.45) is 0 Å². The van der Waals surface area contributed by atoms with Crippen molar-refractivity contribution in [1.82, 2.24) is 9.97 Å². The Morgan fingerprint density at radius 1 is 0.333 bits per heavy atom. The Labute approximate surface area is 293 Å². The summed E-state index contributed by atoms with van der Waals surface area (Å²) in [5.41, 5.74) is 10.2. The van der Waals surface area contributed by atoms with E-state index in [0.717, 1.165) is 88.0 Å². The summed E-state index contributed by atoms with van der Waals surface area (Å²) in [6.45, 7) is 0. The Morgan fingerprint density at radius 2 is 0.863 bits per heavy atom. The second kappa shape index (κ2) is 10.8. The number of nitrogens with zero attached hydrogens (tertiary/aromatic N) is 2. The minimum atomic E-state index is 0.896. The largest absolute Gasteiger partial charge is 0.455 e. The van der Waals surface area contributed by atoms with Crippen LogP contribution in [0, 0.1) is 0 Å². The van der Waals surface area contributed by atoms with Crippen LogP contribution in [0.1, 0.15) is 0 Å². The van der Waals surface area contributed by atoms with E-state index in [1.54, 1.807) is 0 Å². The first-order chi connectivity index (χ1) is 25.3. The number of furan rings is 1. The number of aromatic nitrogens is 2. The molecule has 3 aromatic heterocycles. The molecule has 0 unspecified atom stereocenters. The fraction of sp³-hybridized carbons (Fsp3) is 0. The first-order valence-electron chi connectivity index (χ1n) is 17.3. The van der Waals surface area contributed by atoms with Crippen LogP contribution in [0.15, 0.2) is 174 Å². The Morgan fingerprint density at radius 3 is 1.61 bits per heavy atom. The number of benzene rings is 8. The molecule has 0 N–H and O–H groups in total. The van der Waals surface area contributed by atoms with Gasteiger partial charge in [-0.2, -0.15) is 0 Å². The summed E-state index contributed by atoms with van der Waals surface area (Å²) in [6.07, 6.45) is 0. The number of para-hydroxylation sites is 3. The molecule has 3 nitrogen and oxygen atoms in total. The van der Waals surface area contributed by atoms with Crippen molar-refractivity contribution in [3.05, 3.63) is 170 Å². The van der Waals surface area contributed by atoms with Crippen LogP contribution in [0.25, 0.3) is 110 Å². The lowest BCUT2D eigenvalue weighted by molar-refractivity contribution is 0.673. The zero-order valence-corrected chi connectivity index (χ0v) is 27.5. The first kappa shape index (κ1) is 28.0. The van der Waals surface area contributed by atoms with E-state index in [0.29, 0.717) is 0 Å². The number of hydrogen-bond acceptors (Lipinski definition) is 3. The van der Waals surface area contributed by atoms with Crippen molar-refractivity contribution in [3.8, 4) is 33.6 Å². The van der Waals surface area contributed by atoms with Crippen molar-refractivity contribution in [1.29, 1.82) is 0 Å². The fourth-order valence-corrected chi connectivity index (χ4v) is 8.11. The molecule has 0 saturated heterocycles. The minimum absolute atomic E-state index is 0.896. The van der Waals surface area contributed by atoms with E-state index in [2.05, 4.69) is 158 Å². The molecule has 0 aliphatic heterocycles. The molecular weight excluding hydrogens is 621 g/mol. The van der Waals surface area contributed by atoms with Gasteiger partial charge in [-0.1, -0.05) is 140 Å². The Kier molecular flexibility index (Phi) is 5.96. The first-order valence-corrected chi connectivity index (χ1v) is 17.3. The molecule has 0 saturated carbocycles. The summed E-state index contributed by atoms with van der Waals surface area (Å²) < 4.78 is 6.55. The fourth-order valence-electron chi connectivity index (χ4n) is 8.11. The van der Waals surface area contributed by atoms with E-state index >= 15 is 0 Å². The maximum Gasteiger partial charge on any atom is 0.144 e. The molecule has 0 fully saturated rings. The van der Waals surface area contributed by atoms with Crippen LogP contribution in [0.3, 0.4) is 0 Å². The maximum absolute atomic E-state index is 6.55. The van der Waals surface area contributed by atoms with E-state index in [1.165, 1.54) is 21.7 Å². The average molecular weight is 649 g/mol. The summed E-state index contributed by atoms with van der Waals surface area (Å²) in [5, 5.41) is 11.5. The molecule has 3 heteroatoms. The molecule has 51 heavy (non-hydrogen) atoms.